The van der Waals surface area contributed by atoms with Crippen LogP contribution in [0.4, 0.5) is 4.39 Å². The van der Waals surface area contributed by atoms with Crippen LogP contribution in [0.15, 0.2) is 42.5 Å². The zero-order valence-corrected chi connectivity index (χ0v) is 12.8. The number of ether oxygens (including phenoxy) is 1. The minimum atomic E-state index is -0.275. The normalized spacial score (nSPS) is 10.8. The van der Waals surface area contributed by atoms with Crippen molar-refractivity contribution < 1.29 is 13.9 Å². The maximum Gasteiger partial charge on any atom is 0.310 e. The van der Waals surface area contributed by atoms with Gasteiger partial charge in [0.25, 0.3) is 0 Å². The van der Waals surface area contributed by atoms with Gasteiger partial charge in [0.2, 0.25) is 0 Å². The Hall–Kier alpha value is -2.27. The molecule has 0 atom stereocenters. The number of halogens is 1. The lowest BCUT2D eigenvalue weighted by molar-refractivity contribution is -0.142. The highest BCUT2D eigenvalue weighted by Crippen LogP contribution is 2.32. The molecule has 0 fully saturated rings. The van der Waals surface area contributed by atoms with Crippen molar-refractivity contribution in [1.82, 2.24) is 4.98 Å². The Kier molecular flexibility index (Phi) is 4.15. The van der Waals surface area contributed by atoms with Crippen LogP contribution >= 0.6 is 11.3 Å². The molecule has 0 bridgehead atoms. The van der Waals surface area contributed by atoms with Gasteiger partial charge in [-0.05, 0) is 30.7 Å². The summed E-state index contributed by atoms with van der Waals surface area (Å²) in [7, 11) is 0. The highest BCUT2D eigenvalue weighted by Gasteiger charge is 2.13. The molecule has 5 heteroatoms. The fourth-order valence-electron chi connectivity index (χ4n) is 2.26. The first-order valence-electron chi connectivity index (χ1n) is 6.97. The molecule has 2 aromatic carbocycles. The summed E-state index contributed by atoms with van der Waals surface area (Å²) in [5.74, 6) is -0.537. The summed E-state index contributed by atoms with van der Waals surface area (Å²) >= 11 is 1.42. The zero-order valence-electron chi connectivity index (χ0n) is 12.0. The quantitative estimate of drug-likeness (QED) is 0.677. The number of hydrogen-bond acceptors (Lipinski definition) is 4. The highest BCUT2D eigenvalue weighted by atomic mass is 32.1. The number of nitrogens with zero attached hydrogens (tertiary/aromatic N) is 1. The molecule has 0 unspecified atom stereocenters. The van der Waals surface area contributed by atoms with Crippen molar-refractivity contribution in [3.63, 3.8) is 0 Å². The Balaban J connectivity index is 2.01. The molecule has 0 radical (unpaired) electrons. The van der Waals surface area contributed by atoms with E-state index in [0.717, 1.165) is 26.4 Å². The van der Waals surface area contributed by atoms with E-state index in [1.807, 2.05) is 24.3 Å². The van der Waals surface area contributed by atoms with Gasteiger partial charge in [-0.2, -0.15) is 0 Å². The van der Waals surface area contributed by atoms with Gasteiger partial charge in [0.15, 0.2) is 0 Å². The molecule has 0 aliphatic rings. The molecule has 0 N–H and O–H groups in total. The van der Waals surface area contributed by atoms with Crippen LogP contribution < -0.4 is 0 Å². The van der Waals surface area contributed by atoms with Gasteiger partial charge in [-0.15, -0.1) is 11.3 Å². The Labute approximate surface area is 131 Å². The van der Waals surface area contributed by atoms with E-state index in [4.69, 9.17) is 4.74 Å². The van der Waals surface area contributed by atoms with Crippen LogP contribution in [-0.4, -0.2) is 17.6 Å². The van der Waals surface area contributed by atoms with Gasteiger partial charge in [-0.3, -0.25) is 4.79 Å². The van der Waals surface area contributed by atoms with E-state index in [1.54, 1.807) is 13.0 Å². The SMILES string of the molecule is CCOC(=O)Cc1ccccc1-c1nc2ccc(F)cc2s1. The minimum Gasteiger partial charge on any atom is -0.466 e. The first-order chi connectivity index (χ1) is 10.7. The van der Waals surface area contributed by atoms with Crippen LogP contribution in [0.5, 0.6) is 0 Å². The molecule has 0 saturated carbocycles. The van der Waals surface area contributed by atoms with Crippen molar-refractivity contribution in [2.24, 2.45) is 0 Å². The van der Waals surface area contributed by atoms with Gasteiger partial charge < -0.3 is 4.74 Å². The molecule has 112 valence electrons. The smallest absolute Gasteiger partial charge is 0.310 e. The van der Waals surface area contributed by atoms with Crippen molar-refractivity contribution in [2.75, 3.05) is 6.61 Å². The summed E-state index contributed by atoms with van der Waals surface area (Å²) in [5, 5.41) is 0.778. The van der Waals surface area contributed by atoms with E-state index in [-0.39, 0.29) is 18.2 Å². The predicted molar refractivity (Wildman–Crippen MR) is 85.4 cm³/mol. The largest absolute Gasteiger partial charge is 0.466 e. The predicted octanol–water partition coefficient (Wildman–Crippen LogP) is 4.21. The number of fused-ring (bicyclic) bond motifs is 1. The Morgan fingerprint density at radius 3 is 2.91 bits per heavy atom. The number of carbonyl (C=O) groups is 1. The number of rotatable bonds is 4. The summed E-state index contributed by atoms with van der Waals surface area (Å²) in [4.78, 5) is 16.3. The fraction of sp³-hybridized carbons (Fsp3) is 0.176. The van der Waals surface area contributed by atoms with Crippen molar-refractivity contribution in [1.29, 1.82) is 0 Å². The number of esters is 1. The summed E-state index contributed by atoms with van der Waals surface area (Å²) < 4.78 is 19.1. The van der Waals surface area contributed by atoms with Crippen LogP contribution in [0.25, 0.3) is 20.8 Å². The lowest BCUT2D eigenvalue weighted by Gasteiger charge is -2.06. The second-order valence-corrected chi connectivity index (χ2v) is 5.80. The average Bonchev–Trinajstić information content (AvgIpc) is 2.90. The van der Waals surface area contributed by atoms with Crippen LogP contribution in [0.2, 0.25) is 0 Å². The Morgan fingerprint density at radius 2 is 2.09 bits per heavy atom. The highest BCUT2D eigenvalue weighted by molar-refractivity contribution is 7.21. The molecular weight excluding hydrogens is 301 g/mol. The van der Waals surface area contributed by atoms with E-state index in [2.05, 4.69) is 4.98 Å². The first kappa shape index (κ1) is 14.7. The molecule has 0 aliphatic heterocycles. The Bertz CT molecular complexity index is 828. The molecule has 1 aromatic heterocycles. The monoisotopic (exact) mass is 315 g/mol. The molecule has 1 heterocycles. The molecule has 0 amide bonds. The molecule has 0 spiro atoms. The van der Waals surface area contributed by atoms with Gasteiger partial charge in [0.05, 0.1) is 23.2 Å². The summed E-state index contributed by atoms with van der Waals surface area (Å²) in [6, 6.07) is 12.1. The molecule has 3 rings (SSSR count). The lowest BCUT2D eigenvalue weighted by Crippen LogP contribution is -2.08. The number of hydrogen-bond donors (Lipinski definition) is 0. The van der Waals surface area contributed by atoms with Crippen molar-refractivity contribution in [3.05, 3.63) is 53.8 Å². The number of aromatic nitrogens is 1. The molecule has 0 saturated heterocycles. The van der Waals surface area contributed by atoms with Crippen molar-refractivity contribution in [3.8, 4) is 10.6 Å². The van der Waals surface area contributed by atoms with E-state index in [1.165, 1.54) is 23.5 Å². The molecule has 22 heavy (non-hydrogen) atoms. The summed E-state index contributed by atoms with van der Waals surface area (Å²) in [6.07, 6.45) is 0.203. The lowest BCUT2D eigenvalue weighted by atomic mass is 10.1. The van der Waals surface area contributed by atoms with Gasteiger partial charge >= 0.3 is 5.97 Å². The molecular formula is C17H14FNO2S. The van der Waals surface area contributed by atoms with Gasteiger partial charge in [0.1, 0.15) is 10.8 Å². The summed E-state index contributed by atoms with van der Waals surface area (Å²) in [6.45, 7) is 2.15. The minimum absolute atomic E-state index is 0.203. The van der Waals surface area contributed by atoms with Crippen LogP contribution in [-0.2, 0) is 16.0 Å². The van der Waals surface area contributed by atoms with Crippen molar-refractivity contribution in [2.45, 2.75) is 13.3 Å². The molecule has 3 nitrogen and oxygen atoms in total. The van der Waals surface area contributed by atoms with Crippen molar-refractivity contribution >= 4 is 27.5 Å². The second-order valence-electron chi connectivity index (χ2n) is 4.77. The maximum atomic E-state index is 13.3. The topological polar surface area (TPSA) is 39.2 Å². The van der Waals surface area contributed by atoms with Gasteiger partial charge in [-0.25, -0.2) is 9.37 Å². The average molecular weight is 315 g/mol. The van der Waals surface area contributed by atoms with E-state index < -0.39 is 0 Å². The first-order valence-corrected chi connectivity index (χ1v) is 7.79. The van der Waals surface area contributed by atoms with Crippen LogP contribution in [0.3, 0.4) is 0 Å². The van der Waals surface area contributed by atoms with E-state index >= 15 is 0 Å². The number of thiazole rings is 1. The third-order valence-electron chi connectivity index (χ3n) is 3.24. The standard InChI is InChI=1S/C17H14FNO2S/c1-2-21-16(20)9-11-5-3-4-6-13(11)17-19-14-8-7-12(18)10-15(14)22-17/h3-8,10H,2,9H2,1H3. The number of carbonyl (C=O) groups excluding carboxylic acids is 1. The third-order valence-corrected chi connectivity index (χ3v) is 4.29. The van der Waals surface area contributed by atoms with Crippen LogP contribution in [0, 0.1) is 5.82 Å². The zero-order chi connectivity index (χ0) is 15.5. The fourth-order valence-corrected chi connectivity index (χ4v) is 3.32. The maximum absolute atomic E-state index is 13.3. The Morgan fingerprint density at radius 1 is 1.27 bits per heavy atom. The van der Waals surface area contributed by atoms with E-state index in [9.17, 15) is 9.18 Å². The number of benzene rings is 2. The second kappa shape index (κ2) is 6.23. The molecule has 3 aromatic rings. The molecule has 0 aliphatic carbocycles. The third kappa shape index (κ3) is 2.99. The summed E-state index contributed by atoms with van der Waals surface area (Å²) in [5.41, 5.74) is 2.50. The van der Waals surface area contributed by atoms with Gasteiger partial charge in [-0.1, -0.05) is 24.3 Å². The van der Waals surface area contributed by atoms with Crippen LogP contribution in [0.1, 0.15) is 12.5 Å². The van der Waals surface area contributed by atoms with Gasteiger partial charge in [0, 0.05) is 5.56 Å². The van der Waals surface area contributed by atoms with E-state index in [0.29, 0.717) is 6.61 Å².